The Labute approximate surface area is 162 Å². The summed E-state index contributed by atoms with van der Waals surface area (Å²) in [5.74, 6) is 1.13. The predicted molar refractivity (Wildman–Crippen MR) is 110 cm³/mol. The van der Waals surface area contributed by atoms with E-state index in [-0.39, 0.29) is 11.3 Å². The maximum Gasteiger partial charge on any atom is 0.224 e. The second-order valence-electron chi connectivity index (χ2n) is 6.66. The minimum atomic E-state index is 0.149. The normalized spacial score (nSPS) is 19.8. The summed E-state index contributed by atoms with van der Waals surface area (Å²) < 4.78 is 1.06. The van der Waals surface area contributed by atoms with Crippen molar-refractivity contribution < 1.29 is 0 Å². The molecule has 0 radical (unpaired) electrons. The Hall–Kier alpha value is -1.95. The van der Waals surface area contributed by atoms with Gasteiger partial charge in [-0.3, -0.25) is 0 Å². The minimum absolute atomic E-state index is 0.149. The number of aryl methyl sites for hydroxylation is 1. The average Bonchev–Trinajstić information content (AvgIpc) is 2.98. The fourth-order valence-electron chi connectivity index (χ4n) is 3.47. The molecule has 1 aliphatic rings. The van der Waals surface area contributed by atoms with Crippen LogP contribution >= 0.6 is 22.9 Å². The third-order valence-corrected chi connectivity index (χ3v) is 6.49. The molecule has 4 nitrogen and oxygen atoms in total. The van der Waals surface area contributed by atoms with Gasteiger partial charge in [0.2, 0.25) is 5.28 Å². The van der Waals surface area contributed by atoms with E-state index in [1.165, 1.54) is 16.0 Å². The van der Waals surface area contributed by atoms with Crippen molar-refractivity contribution in [3.05, 3.63) is 63.8 Å². The molecule has 4 rings (SSSR count). The van der Waals surface area contributed by atoms with Crippen LogP contribution in [0.2, 0.25) is 5.28 Å². The zero-order valence-electron chi connectivity index (χ0n) is 14.6. The Bertz CT molecular complexity index is 951. The molecule has 3 N–H and O–H groups in total. The molecular formula is C20H21ClN4S. The SMILES string of the molecule is Cc1c([C@H]2CC=CC[C@@H]2N)sc2c(NCc3ccccc3)nc(Cl)nc12. The van der Waals surface area contributed by atoms with Crippen LogP contribution in [0.15, 0.2) is 42.5 Å². The molecule has 0 saturated heterocycles. The molecule has 0 bridgehead atoms. The van der Waals surface area contributed by atoms with E-state index in [2.05, 4.69) is 46.5 Å². The number of hydrogen-bond donors (Lipinski definition) is 2. The standard InChI is InChI=1S/C20H21ClN4S/c1-12-16-18(26-17(12)14-9-5-6-10-15(14)22)19(25-20(21)24-16)23-11-13-7-3-2-4-8-13/h2-8,14-15H,9-11,22H2,1H3,(H,23,24,25)/t14-,15-/m0/s1. The highest BCUT2D eigenvalue weighted by molar-refractivity contribution is 7.20. The first kappa shape index (κ1) is 17.5. The second kappa shape index (κ2) is 7.35. The van der Waals surface area contributed by atoms with Gasteiger partial charge in [-0.25, -0.2) is 4.98 Å². The molecule has 0 aliphatic heterocycles. The van der Waals surface area contributed by atoms with E-state index in [0.717, 1.165) is 28.9 Å². The van der Waals surface area contributed by atoms with E-state index in [0.29, 0.717) is 12.5 Å². The van der Waals surface area contributed by atoms with Crippen LogP contribution in [-0.2, 0) is 6.54 Å². The Kier molecular flexibility index (Phi) is 4.94. The lowest BCUT2D eigenvalue weighted by molar-refractivity contribution is 0.526. The Balaban J connectivity index is 1.72. The zero-order valence-corrected chi connectivity index (χ0v) is 16.1. The molecule has 3 aromatic rings. The third-order valence-electron chi connectivity index (χ3n) is 4.90. The summed E-state index contributed by atoms with van der Waals surface area (Å²) in [4.78, 5) is 10.2. The number of aromatic nitrogens is 2. The summed E-state index contributed by atoms with van der Waals surface area (Å²) in [7, 11) is 0. The van der Waals surface area contributed by atoms with Gasteiger partial charge in [-0.05, 0) is 42.5 Å². The highest BCUT2D eigenvalue weighted by Crippen LogP contribution is 2.42. The molecule has 2 aromatic heterocycles. The molecule has 0 amide bonds. The molecule has 0 unspecified atom stereocenters. The average molecular weight is 385 g/mol. The summed E-state index contributed by atoms with van der Waals surface area (Å²) in [6.45, 7) is 2.81. The number of hydrogen-bond acceptors (Lipinski definition) is 5. The van der Waals surface area contributed by atoms with Crippen molar-refractivity contribution >= 4 is 39.0 Å². The second-order valence-corrected chi connectivity index (χ2v) is 8.05. The fourth-order valence-corrected chi connectivity index (χ4v) is 5.04. The van der Waals surface area contributed by atoms with E-state index in [4.69, 9.17) is 17.3 Å². The van der Waals surface area contributed by atoms with Crippen molar-refractivity contribution in [2.24, 2.45) is 5.73 Å². The number of benzene rings is 1. The van der Waals surface area contributed by atoms with Crippen molar-refractivity contribution in [1.82, 2.24) is 9.97 Å². The van der Waals surface area contributed by atoms with Crippen molar-refractivity contribution in [3.8, 4) is 0 Å². The van der Waals surface area contributed by atoms with Crippen molar-refractivity contribution in [1.29, 1.82) is 0 Å². The molecule has 2 heterocycles. The molecule has 2 atom stereocenters. The van der Waals surface area contributed by atoms with Gasteiger partial charge in [0.15, 0.2) is 0 Å². The first-order valence-electron chi connectivity index (χ1n) is 8.78. The number of fused-ring (bicyclic) bond motifs is 1. The number of nitrogens with zero attached hydrogens (tertiary/aromatic N) is 2. The zero-order chi connectivity index (χ0) is 18.1. The maximum atomic E-state index is 6.38. The van der Waals surface area contributed by atoms with Gasteiger partial charge in [-0.1, -0.05) is 42.5 Å². The molecule has 6 heteroatoms. The number of rotatable bonds is 4. The molecule has 1 aromatic carbocycles. The van der Waals surface area contributed by atoms with Gasteiger partial charge in [0.1, 0.15) is 5.82 Å². The lowest BCUT2D eigenvalue weighted by Gasteiger charge is -2.24. The van der Waals surface area contributed by atoms with Crippen molar-refractivity contribution in [2.75, 3.05) is 5.32 Å². The summed E-state index contributed by atoms with van der Waals surface area (Å²) >= 11 is 7.95. The van der Waals surface area contributed by atoms with Gasteiger partial charge in [0, 0.05) is 23.4 Å². The van der Waals surface area contributed by atoms with Crippen LogP contribution < -0.4 is 11.1 Å². The van der Waals surface area contributed by atoms with Gasteiger partial charge < -0.3 is 11.1 Å². The molecule has 0 fully saturated rings. The van der Waals surface area contributed by atoms with E-state index in [9.17, 15) is 0 Å². The Morgan fingerprint density at radius 3 is 2.73 bits per heavy atom. The van der Waals surface area contributed by atoms with E-state index < -0.39 is 0 Å². The Morgan fingerprint density at radius 2 is 1.96 bits per heavy atom. The first-order chi connectivity index (χ1) is 12.6. The van der Waals surface area contributed by atoms with E-state index in [1.54, 1.807) is 11.3 Å². The van der Waals surface area contributed by atoms with Gasteiger partial charge in [-0.15, -0.1) is 11.3 Å². The summed E-state index contributed by atoms with van der Waals surface area (Å²) in [6, 6.07) is 10.4. The number of halogens is 1. The van der Waals surface area contributed by atoms with Crippen LogP contribution in [0.4, 0.5) is 5.82 Å². The molecular weight excluding hydrogens is 364 g/mol. The van der Waals surface area contributed by atoms with Crippen LogP contribution in [0, 0.1) is 6.92 Å². The number of nitrogens with two attached hydrogens (primary N) is 1. The van der Waals surface area contributed by atoms with Gasteiger partial charge >= 0.3 is 0 Å². The molecule has 0 saturated carbocycles. The number of anilines is 1. The highest BCUT2D eigenvalue weighted by Gasteiger charge is 2.26. The van der Waals surface area contributed by atoms with Crippen LogP contribution in [0.25, 0.3) is 10.2 Å². The van der Waals surface area contributed by atoms with Crippen LogP contribution in [0.3, 0.4) is 0 Å². The number of allylic oxidation sites excluding steroid dienone is 1. The van der Waals surface area contributed by atoms with Gasteiger partial charge in [0.25, 0.3) is 0 Å². The summed E-state index contributed by atoms with van der Waals surface area (Å²) in [6.07, 6.45) is 6.30. The largest absolute Gasteiger partial charge is 0.365 e. The summed E-state index contributed by atoms with van der Waals surface area (Å²) in [5.41, 5.74) is 9.69. The number of thiophene rings is 1. The fraction of sp³-hybridized carbons (Fsp3) is 0.300. The third kappa shape index (κ3) is 3.34. The van der Waals surface area contributed by atoms with Crippen LogP contribution in [-0.4, -0.2) is 16.0 Å². The monoisotopic (exact) mass is 384 g/mol. The minimum Gasteiger partial charge on any atom is -0.365 e. The molecule has 0 spiro atoms. The van der Waals surface area contributed by atoms with Crippen LogP contribution in [0.1, 0.15) is 34.8 Å². The predicted octanol–water partition coefficient (Wildman–Crippen LogP) is 5.03. The maximum absolute atomic E-state index is 6.38. The van der Waals surface area contributed by atoms with Crippen molar-refractivity contribution in [2.45, 2.75) is 38.3 Å². The van der Waals surface area contributed by atoms with Crippen molar-refractivity contribution in [3.63, 3.8) is 0 Å². The molecule has 134 valence electrons. The topological polar surface area (TPSA) is 63.8 Å². The Morgan fingerprint density at radius 1 is 1.19 bits per heavy atom. The molecule has 26 heavy (non-hydrogen) atoms. The van der Waals surface area contributed by atoms with E-state index in [1.807, 2.05) is 18.2 Å². The lowest BCUT2D eigenvalue weighted by atomic mass is 9.87. The highest BCUT2D eigenvalue weighted by atomic mass is 35.5. The van der Waals surface area contributed by atoms with Gasteiger partial charge in [0.05, 0.1) is 10.2 Å². The lowest BCUT2D eigenvalue weighted by Crippen LogP contribution is -2.29. The number of nitrogens with one attached hydrogen (secondary N) is 1. The molecule has 1 aliphatic carbocycles. The smallest absolute Gasteiger partial charge is 0.224 e. The van der Waals surface area contributed by atoms with E-state index >= 15 is 0 Å². The quantitative estimate of drug-likeness (QED) is 0.489. The van der Waals surface area contributed by atoms with Crippen LogP contribution in [0.5, 0.6) is 0 Å². The summed E-state index contributed by atoms with van der Waals surface area (Å²) in [5, 5.41) is 3.70. The van der Waals surface area contributed by atoms with Gasteiger partial charge in [-0.2, -0.15) is 4.98 Å². The first-order valence-corrected chi connectivity index (χ1v) is 9.98.